The second kappa shape index (κ2) is 6.70. The number of sulfone groups is 1. The first-order chi connectivity index (χ1) is 10.8. The van der Waals surface area contributed by atoms with Gasteiger partial charge in [0.1, 0.15) is 11.5 Å². The van der Waals surface area contributed by atoms with Gasteiger partial charge in [-0.25, -0.2) is 8.42 Å². The molecule has 0 spiro atoms. The van der Waals surface area contributed by atoms with E-state index in [1.807, 2.05) is 0 Å². The molecule has 23 heavy (non-hydrogen) atoms. The van der Waals surface area contributed by atoms with Gasteiger partial charge in [0, 0.05) is 5.69 Å². The molecule has 0 atom stereocenters. The van der Waals surface area contributed by atoms with Crippen molar-refractivity contribution in [3.63, 3.8) is 0 Å². The van der Waals surface area contributed by atoms with Crippen LogP contribution in [0.1, 0.15) is 5.56 Å². The third-order valence-electron chi connectivity index (χ3n) is 3.25. The maximum absolute atomic E-state index is 12.4. The Balaban J connectivity index is 2.15. The van der Waals surface area contributed by atoms with Gasteiger partial charge in [0.05, 0.1) is 17.7 Å². The quantitative estimate of drug-likeness (QED) is 0.815. The predicted octanol–water partition coefficient (Wildman–Crippen LogP) is 2.00. The van der Waals surface area contributed by atoms with Gasteiger partial charge in [0.25, 0.3) is 0 Å². The fourth-order valence-corrected chi connectivity index (χ4v) is 3.76. The minimum Gasteiger partial charge on any atom is -0.497 e. The molecule has 0 unspecified atom stereocenters. The second-order valence-corrected chi connectivity index (χ2v) is 6.96. The van der Waals surface area contributed by atoms with E-state index in [1.54, 1.807) is 43.3 Å². The lowest BCUT2D eigenvalue weighted by Crippen LogP contribution is -2.24. The van der Waals surface area contributed by atoms with Gasteiger partial charge in [0.2, 0.25) is 5.91 Å². The highest BCUT2D eigenvalue weighted by Crippen LogP contribution is 2.24. The van der Waals surface area contributed by atoms with Crippen molar-refractivity contribution in [3.8, 4) is 5.75 Å². The molecule has 122 valence electrons. The van der Waals surface area contributed by atoms with E-state index in [0.717, 1.165) is 0 Å². The van der Waals surface area contributed by atoms with Crippen molar-refractivity contribution in [1.82, 2.24) is 0 Å². The lowest BCUT2D eigenvalue weighted by molar-refractivity contribution is -0.113. The molecule has 1 amide bonds. The summed E-state index contributed by atoms with van der Waals surface area (Å²) in [4.78, 5) is 12.0. The number of nitrogens with two attached hydrogens (primary N) is 1. The Morgan fingerprint density at radius 3 is 2.39 bits per heavy atom. The zero-order valence-electron chi connectivity index (χ0n) is 12.9. The number of hydrogen-bond acceptors (Lipinski definition) is 5. The molecule has 0 radical (unpaired) electrons. The molecule has 3 N–H and O–H groups in total. The van der Waals surface area contributed by atoms with Gasteiger partial charge in [-0.3, -0.25) is 4.79 Å². The Morgan fingerprint density at radius 2 is 1.83 bits per heavy atom. The van der Waals surface area contributed by atoms with Crippen LogP contribution in [0, 0.1) is 6.92 Å². The molecule has 0 saturated carbocycles. The number of amides is 1. The first-order valence-electron chi connectivity index (χ1n) is 6.85. The summed E-state index contributed by atoms with van der Waals surface area (Å²) in [5.41, 5.74) is 6.89. The van der Waals surface area contributed by atoms with Crippen molar-refractivity contribution in [2.24, 2.45) is 0 Å². The fourth-order valence-electron chi connectivity index (χ4n) is 2.22. The molecule has 2 aromatic carbocycles. The SMILES string of the molecule is COc1ccc(NC(=O)CS(=O)(=O)c2c(C)cccc2N)cc1. The first kappa shape index (κ1) is 16.8. The Bertz CT molecular complexity index is 794. The minimum atomic E-state index is -3.82. The fraction of sp³-hybridized carbons (Fsp3) is 0.188. The van der Waals surface area contributed by atoms with Crippen LogP contribution >= 0.6 is 0 Å². The van der Waals surface area contributed by atoms with Gasteiger partial charge in [-0.05, 0) is 42.8 Å². The maximum Gasteiger partial charge on any atom is 0.239 e. The summed E-state index contributed by atoms with van der Waals surface area (Å²) in [6.07, 6.45) is 0. The van der Waals surface area contributed by atoms with Crippen LogP contribution in [0.25, 0.3) is 0 Å². The van der Waals surface area contributed by atoms with Crippen molar-refractivity contribution in [3.05, 3.63) is 48.0 Å². The summed E-state index contributed by atoms with van der Waals surface area (Å²) >= 11 is 0. The molecule has 0 fully saturated rings. The van der Waals surface area contributed by atoms with Gasteiger partial charge in [0.15, 0.2) is 9.84 Å². The highest BCUT2D eigenvalue weighted by molar-refractivity contribution is 7.92. The van der Waals surface area contributed by atoms with Crippen molar-refractivity contribution >= 4 is 27.1 Å². The highest BCUT2D eigenvalue weighted by atomic mass is 32.2. The van der Waals surface area contributed by atoms with E-state index in [4.69, 9.17) is 10.5 Å². The normalized spacial score (nSPS) is 11.0. The number of methoxy groups -OCH3 is 1. The molecular formula is C16H18N2O4S. The van der Waals surface area contributed by atoms with Gasteiger partial charge in [-0.1, -0.05) is 12.1 Å². The summed E-state index contributed by atoms with van der Waals surface area (Å²) in [5, 5.41) is 2.54. The Labute approximate surface area is 135 Å². The monoisotopic (exact) mass is 334 g/mol. The predicted molar refractivity (Wildman–Crippen MR) is 89.3 cm³/mol. The van der Waals surface area contributed by atoms with E-state index < -0.39 is 21.5 Å². The molecule has 0 saturated heterocycles. The molecule has 2 aromatic rings. The van der Waals surface area contributed by atoms with Gasteiger partial charge in [-0.2, -0.15) is 0 Å². The minimum absolute atomic E-state index is 0.00452. The largest absolute Gasteiger partial charge is 0.497 e. The van der Waals surface area contributed by atoms with E-state index in [-0.39, 0.29) is 10.6 Å². The average molecular weight is 334 g/mol. The number of anilines is 2. The summed E-state index contributed by atoms with van der Waals surface area (Å²) in [7, 11) is -2.28. The number of carbonyl (C=O) groups is 1. The number of nitrogen functional groups attached to an aromatic ring is 1. The molecular weight excluding hydrogens is 316 g/mol. The van der Waals surface area contributed by atoms with Crippen LogP contribution in [0.3, 0.4) is 0 Å². The van der Waals surface area contributed by atoms with Crippen molar-refractivity contribution in [2.45, 2.75) is 11.8 Å². The van der Waals surface area contributed by atoms with Crippen molar-refractivity contribution in [1.29, 1.82) is 0 Å². The van der Waals surface area contributed by atoms with Crippen LogP contribution in [0.4, 0.5) is 11.4 Å². The molecule has 2 rings (SSSR count). The lowest BCUT2D eigenvalue weighted by atomic mass is 10.2. The van der Waals surface area contributed by atoms with Gasteiger partial charge in [-0.15, -0.1) is 0 Å². The maximum atomic E-state index is 12.4. The lowest BCUT2D eigenvalue weighted by Gasteiger charge is -2.11. The summed E-state index contributed by atoms with van der Waals surface area (Å²) in [6, 6.07) is 11.4. The number of carbonyl (C=O) groups excluding carboxylic acids is 1. The van der Waals surface area contributed by atoms with Crippen LogP contribution < -0.4 is 15.8 Å². The summed E-state index contributed by atoms with van der Waals surface area (Å²) in [6.45, 7) is 1.64. The summed E-state index contributed by atoms with van der Waals surface area (Å²) in [5.74, 6) is -0.658. The number of nitrogens with one attached hydrogen (secondary N) is 1. The van der Waals surface area contributed by atoms with Gasteiger partial charge < -0.3 is 15.8 Å². The van der Waals surface area contributed by atoms with E-state index in [0.29, 0.717) is 17.0 Å². The standard InChI is InChI=1S/C16H18N2O4S/c1-11-4-3-5-14(17)16(11)23(20,21)10-15(19)18-12-6-8-13(22-2)9-7-12/h3-9H,10,17H2,1-2H3,(H,18,19). The molecule has 0 heterocycles. The number of aryl methyl sites for hydroxylation is 1. The third kappa shape index (κ3) is 4.01. The number of benzene rings is 2. The Morgan fingerprint density at radius 1 is 1.17 bits per heavy atom. The molecule has 0 aliphatic carbocycles. The molecule has 0 aliphatic heterocycles. The average Bonchev–Trinajstić information content (AvgIpc) is 2.46. The Hall–Kier alpha value is -2.54. The van der Waals surface area contributed by atoms with E-state index in [9.17, 15) is 13.2 Å². The molecule has 0 aliphatic rings. The van der Waals surface area contributed by atoms with E-state index in [1.165, 1.54) is 13.2 Å². The third-order valence-corrected chi connectivity index (χ3v) is 5.07. The van der Waals surface area contributed by atoms with Crippen LogP contribution in [0.2, 0.25) is 0 Å². The zero-order valence-corrected chi connectivity index (χ0v) is 13.7. The smallest absolute Gasteiger partial charge is 0.239 e. The molecule has 0 aromatic heterocycles. The van der Waals surface area contributed by atoms with E-state index >= 15 is 0 Å². The number of hydrogen-bond donors (Lipinski definition) is 2. The second-order valence-electron chi connectivity index (χ2n) is 5.03. The molecule has 0 bridgehead atoms. The zero-order chi connectivity index (χ0) is 17.0. The molecule has 6 nitrogen and oxygen atoms in total. The van der Waals surface area contributed by atoms with Gasteiger partial charge >= 0.3 is 0 Å². The van der Waals surface area contributed by atoms with Crippen LogP contribution in [0.15, 0.2) is 47.4 Å². The van der Waals surface area contributed by atoms with Crippen molar-refractivity contribution < 1.29 is 17.9 Å². The number of ether oxygens (including phenoxy) is 1. The Kier molecular flexibility index (Phi) is 4.90. The number of rotatable bonds is 5. The topological polar surface area (TPSA) is 98.5 Å². The van der Waals surface area contributed by atoms with Crippen LogP contribution in [-0.4, -0.2) is 27.2 Å². The van der Waals surface area contributed by atoms with Crippen LogP contribution in [-0.2, 0) is 14.6 Å². The van der Waals surface area contributed by atoms with Crippen LogP contribution in [0.5, 0.6) is 5.75 Å². The molecule has 7 heteroatoms. The van der Waals surface area contributed by atoms with E-state index in [2.05, 4.69) is 5.32 Å². The highest BCUT2D eigenvalue weighted by Gasteiger charge is 2.23. The first-order valence-corrected chi connectivity index (χ1v) is 8.50. The van der Waals surface area contributed by atoms with Crippen molar-refractivity contribution in [2.75, 3.05) is 23.9 Å². The summed E-state index contributed by atoms with van der Waals surface area (Å²) < 4.78 is 29.8.